The molecule has 0 radical (unpaired) electrons. The lowest BCUT2D eigenvalue weighted by atomic mass is 9.72. The standard InChI is InChI=1S/C18H26FNO/c1-3-4-13-7-9-18(10-8-13)12-16(20-2)15-6-5-14(19)11-17(15)21-18/h5-6,11,13,16,20H,3-4,7-10,12H2,1-2H3. The third kappa shape index (κ3) is 2.94. The highest BCUT2D eigenvalue weighted by Gasteiger charge is 2.43. The van der Waals surface area contributed by atoms with Crippen LogP contribution in [0.5, 0.6) is 5.75 Å². The fraction of sp³-hybridized carbons (Fsp3) is 0.667. The predicted octanol–water partition coefficient (Wildman–Crippen LogP) is 4.60. The predicted molar refractivity (Wildman–Crippen MR) is 83.0 cm³/mol. The molecule has 1 atom stereocenters. The molecule has 1 aromatic carbocycles. The Labute approximate surface area is 127 Å². The number of nitrogens with one attached hydrogen (secondary N) is 1. The maximum Gasteiger partial charge on any atom is 0.127 e. The van der Waals surface area contributed by atoms with Crippen LogP contribution >= 0.6 is 0 Å². The van der Waals surface area contributed by atoms with E-state index in [-0.39, 0.29) is 17.5 Å². The van der Waals surface area contributed by atoms with Gasteiger partial charge in [0.05, 0.1) is 0 Å². The third-order valence-corrected chi connectivity index (χ3v) is 5.32. The van der Waals surface area contributed by atoms with Crippen LogP contribution in [0.15, 0.2) is 18.2 Å². The molecule has 21 heavy (non-hydrogen) atoms. The van der Waals surface area contributed by atoms with Crippen molar-refractivity contribution in [2.45, 2.75) is 63.5 Å². The summed E-state index contributed by atoms with van der Waals surface area (Å²) in [6.45, 7) is 2.26. The molecule has 1 fully saturated rings. The van der Waals surface area contributed by atoms with Crippen molar-refractivity contribution in [2.24, 2.45) is 5.92 Å². The number of fused-ring (bicyclic) bond motifs is 1. The Balaban J connectivity index is 1.80. The molecule has 1 N–H and O–H groups in total. The van der Waals surface area contributed by atoms with Crippen LogP contribution in [-0.4, -0.2) is 12.6 Å². The van der Waals surface area contributed by atoms with E-state index in [9.17, 15) is 4.39 Å². The number of rotatable bonds is 3. The summed E-state index contributed by atoms with van der Waals surface area (Å²) in [5.74, 6) is 1.39. The van der Waals surface area contributed by atoms with Gasteiger partial charge in [0.15, 0.2) is 0 Å². The summed E-state index contributed by atoms with van der Waals surface area (Å²) >= 11 is 0. The van der Waals surface area contributed by atoms with Crippen molar-refractivity contribution in [1.82, 2.24) is 5.32 Å². The maximum absolute atomic E-state index is 13.5. The molecule has 1 heterocycles. The lowest BCUT2D eigenvalue weighted by Gasteiger charge is -2.46. The first-order valence-corrected chi connectivity index (χ1v) is 8.31. The smallest absolute Gasteiger partial charge is 0.127 e. The van der Waals surface area contributed by atoms with Crippen molar-refractivity contribution in [3.05, 3.63) is 29.6 Å². The first kappa shape index (κ1) is 14.8. The Morgan fingerprint density at radius 1 is 1.33 bits per heavy atom. The summed E-state index contributed by atoms with van der Waals surface area (Å²) in [6.07, 6.45) is 8.30. The summed E-state index contributed by atoms with van der Waals surface area (Å²) in [5, 5.41) is 3.39. The molecule has 2 aliphatic rings. The average Bonchev–Trinajstić information content (AvgIpc) is 2.49. The molecular weight excluding hydrogens is 265 g/mol. The van der Waals surface area contributed by atoms with E-state index >= 15 is 0 Å². The van der Waals surface area contributed by atoms with Gasteiger partial charge in [0.25, 0.3) is 0 Å². The Morgan fingerprint density at radius 3 is 2.76 bits per heavy atom. The van der Waals surface area contributed by atoms with Crippen LogP contribution in [0.1, 0.15) is 63.5 Å². The Bertz CT molecular complexity index is 494. The topological polar surface area (TPSA) is 21.3 Å². The summed E-state index contributed by atoms with van der Waals surface area (Å²) in [7, 11) is 1.99. The van der Waals surface area contributed by atoms with Crippen molar-refractivity contribution in [3.8, 4) is 5.75 Å². The molecule has 1 aromatic rings. The van der Waals surface area contributed by atoms with Gasteiger partial charge >= 0.3 is 0 Å². The highest BCUT2D eigenvalue weighted by Crippen LogP contribution is 2.47. The quantitative estimate of drug-likeness (QED) is 0.879. The molecule has 1 saturated carbocycles. The van der Waals surface area contributed by atoms with Gasteiger partial charge in [-0.2, -0.15) is 0 Å². The van der Waals surface area contributed by atoms with Crippen molar-refractivity contribution in [2.75, 3.05) is 7.05 Å². The fourth-order valence-corrected chi connectivity index (χ4v) is 4.11. The van der Waals surface area contributed by atoms with E-state index in [1.807, 2.05) is 13.1 Å². The molecule has 0 amide bonds. The van der Waals surface area contributed by atoms with Crippen LogP contribution in [-0.2, 0) is 0 Å². The summed E-state index contributed by atoms with van der Waals surface area (Å²) in [4.78, 5) is 0. The lowest BCUT2D eigenvalue weighted by molar-refractivity contribution is -0.0151. The first-order chi connectivity index (χ1) is 10.2. The summed E-state index contributed by atoms with van der Waals surface area (Å²) < 4.78 is 19.9. The number of hydrogen-bond donors (Lipinski definition) is 1. The zero-order valence-electron chi connectivity index (χ0n) is 13.1. The Morgan fingerprint density at radius 2 is 2.10 bits per heavy atom. The molecule has 116 valence electrons. The normalized spacial score (nSPS) is 31.8. The summed E-state index contributed by atoms with van der Waals surface area (Å²) in [5.41, 5.74) is 1.01. The van der Waals surface area contributed by atoms with E-state index in [1.54, 1.807) is 6.07 Å². The second-order valence-corrected chi connectivity index (χ2v) is 6.74. The summed E-state index contributed by atoms with van der Waals surface area (Å²) in [6, 6.07) is 5.22. The number of benzene rings is 1. The lowest BCUT2D eigenvalue weighted by Crippen LogP contribution is -2.46. The van der Waals surface area contributed by atoms with Crippen LogP contribution < -0.4 is 10.1 Å². The van der Waals surface area contributed by atoms with Crippen molar-refractivity contribution < 1.29 is 9.13 Å². The van der Waals surface area contributed by atoms with Crippen LogP contribution in [0.25, 0.3) is 0 Å². The molecule has 1 unspecified atom stereocenters. The number of hydrogen-bond acceptors (Lipinski definition) is 2. The van der Waals surface area contributed by atoms with Crippen LogP contribution in [0.4, 0.5) is 4.39 Å². The van der Waals surface area contributed by atoms with E-state index in [0.717, 1.165) is 36.5 Å². The van der Waals surface area contributed by atoms with Gasteiger partial charge < -0.3 is 10.1 Å². The zero-order chi connectivity index (χ0) is 14.9. The van der Waals surface area contributed by atoms with Gasteiger partial charge in [-0.15, -0.1) is 0 Å². The molecule has 2 nitrogen and oxygen atoms in total. The second-order valence-electron chi connectivity index (χ2n) is 6.74. The van der Waals surface area contributed by atoms with Crippen LogP contribution in [0.3, 0.4) is 0 Å². The number of halogens is 1. The van der Waals surface area contributed by atoms with Gasteiger partial charge in [-0.05, 0) is 44.7 Å². The second kappa shape index (κ2) is 5.96. The minimum absolute atomic E-state index is 0.0846. The molecule has 1 spiro atoms. The van der Waals surface area contributed by atoms with Crippen molar-refractivity contribution in [1.29, 1.82) is 0 Å². The van der Waals surface area contributed by atoms with E-state index in [2.05, 4.69) is 12.2 Å². The highest BCUT2D eigenvalue weighted by atomic mass is 19.1. The molecular formula is C18H26FNO. The van der Waals surface area contributed by atoms with Gasteiger partial charge in [0.2, 0.25) is 0 Å². The van der Waals surface area contributed by atoms with Gasteiger partial charge in [0, 0.05) is 24.1 Å². The minimum Gasteiger partial charge on any atom is -0.487 e. The number of ether oxygens (including phenoxy) is 1. The zero-order valence-corrected chi connectivity index (χ0v) is 13.1. The van der Waals surface area contributed by atoms with Gasteiger partial charge in [-0.1, -0.05) is 25.8 Å². The van der Waals surface area contributed by atoms with E-state index < -0.39 is 0 Å². The van der Waals surface area contributed by atoms with Gasteiger partial charge in [-0.25, -0.2) is 4.39 Å². The monoisotopic (exact) mass is 291 g/mol. The average molecular weight is 291 g/mol. The molecule has 0 bridgehead atoms. The largest absolute Gasteiger partial charge is 0.487 e. The first-order valence-electron chi connectivity index (χ1n) is 8.31. The minimum atomic E-state index is -0.208. The van der Waals surface area contributed by atoms with E-state index in [1.165, 1.54) is 31.7 Å². The molecule has 1 aliphatic carbocycles. The molecule has 0 saturated heterocycles. The molecule has 0 aromatic heterocycles. The third-order valence-electron chi connectivity index (χ3n) is 5.32. The van der Waals surface area contributed by atoms with Crippen LogP contribution in [0, 0.1) is 11.7 Å². The molecule has 3 rings (SSSR count). The van der Waals surface area contributed by atoms with E-state index in [4.69, 9.17) is 4.74 Å². The van der Waals surface area contributed by atoms with Crippen molar-refractivity contribution >= 4 is 0 Å². The van der Waals surface area contributed by atoms with Gasteiger partial charge in [0.1, 0.15) is 17.2 Å². The van der Waals surface area contributed by atoms with Crippen molar-refractivity contribution in [3.63, 3.8) is 0 Å². The highest BCUT2D eigenvalue weighted by molar-refractivity contribution is 5.39. The molecule has 1 aliphatic heterocycles. The van der Waals surface area contributed by atoms with E-state index in [0.29, 0.717) is 0 Å². The Hall–Kier alpha value is -1.09. The fourth-order valence-electron chi connectivity index (χ4n) is 4.11. The van der Waals surface area contributed by atoms with Gasteiger partial charge in [-0.3, -0.25) is 0 Å². The SMILES string of the molecule is CCCC1CCC2(CC1)CC(NC)c1ccc(F)cc1O2. The maximum atomic E-state index is 13.5. The van der Waals surface area contributed by atoms with Crippen LogP contribution in [0.2, 0.25) is 0 Å². The molecule has 3 heteroatoms. The Kier molecular flexibility index (Phi) is 4.21.